The molecule has 0 fully saturated rings. The van der Waals surface area contributed by atoms with Gasteiger partial charge in [-0.05, 0) is 43.4 Å². The Morgan fingerprint density at radius 3 is 2.72 bits per heavy atom. The van der Waals surface area contributed by atoms with Crippen LogP contribution in [0.3, 0.4) is 0 Å². The van der Waals surface area contributed by atoms with Gasteiger partial charge < -0.3 is 10.4 Å². The standard InChI is InChI=1S/C13H18ClNO2S/c1-10(9-16)15-13(17)3-2-8-18-12-6-4-11(14)5-7-12/h4-7,10,16H,2-3,8-9H2,1H3,(H,15,17). The average Bonchev–Trinajstić information content (AvgIpc) is 2.36. The minimum atomic E-state index is -0.165. The fourth-order valence-electron chi connectivity index (χ4n) is 1.35. The number of aliphatic hydroxyl groups excluding tert-OH is 1. The summed E-state index contributed by atoms with van der Waals surface area (Å²) in [5.74, 6) is 0.885. The number of amides is 1. The molecular weight excluding hydrogens is 270 g/mol. The molecule has 0 radical (unpaired) electrons. The lowest BCUT2D eigenvalue weighted by Gasteiger charge is -2.10. The van der Waals surface area contributed by atoms with Crippen molar-refractivity contribution in [3.63, 3.8) is 0 Å². The molecular formula is C13H18ClNO2S. The molecule has 2 N–H and O–H groups in total. The van der Waals surface area contributed by atoms with E-state index in [0.29, 0.717) is 6.42 Å². The number of thioether (sulfide) groups is 1. The van der Waals surface area contributed by atoms with Crippen molar-refractivity contribution in [3.05, 3.63) is 29.3 Å². The van der Waals surface area contributed by atoms with Gasteiger partial charge in [0.25, 0.3) is 0 Å². The molecule has 0 saturated heterocycles. The molecule has 0 aliphatic carbocycles. The van der Waals surface area contributed by atoms with E-state index in [0.717, 1.165) is 22.1 Å². The van der Waals surface area contributed by atoms with E-state index in [2.05, 4.69) is 5.32 Å². The highest BCUT2D eigenvalue weighted by Gasteiger charge is 2.05. The molecule has 1 aromatic rings. The average molecular weight is 288 g/mol. The molecule has 3 nitrogen and oxygen atoms in total. The second kappa shape index (κ2) is 8.40. The Morgan fingerprint density at radius 1 is 1.44 bits per heavy atom. The maximum atomic E-state index is 11.4. The van der Waals surface area contributed by atoms with Gasteiger partial charge in [-0.3, -0.25) is 4.79 Å². The van der Waals surface area contributed by atoms with E-state index in [9.17, 15) is 4.79 Å². The molecule has 0 aliphatic heterocycles. The Morgan fingerprint density at radius 2 is 2.11 bits per heavy atom. The van der Waals surface area contributed by atoms with Crippen LogP contribution in [0, 0.1) is 0 Å². The summed E-state index contributed by atoms with van der Waals surface area (Å²) in [6.07, 6.45) is 1.31. The van der Waals surface area contributed by atoms with Gasteiger partial charge in [0.2, 0.25) is 5.91 Å². The van der Waals surface area contributed by atoms with Crippen LogP contribution in [0.15, 0.2) is 29.2 Å². The SMILES string of the molecule is CC(CO)NC(=O)CCCSc1ccc(Cl)cc1. The van der Waals surface area contributed by atoms with Crippen LogP contribution in [0.4, 0.5) is 0 Å². The van der Waals surface area contributed by atoms with Crippen molar-refractivity contribution < 1.29 is 9.90 Å². The third-order valence-electron chi connectivity index (χ3n) is 2.31. The Bertz CT molecular complexity index is 370. The predicted octanol–water partition coefficient (Wildman–Crippen LogP) is 2.71. The normalized spacial score (nSPS) is 12.2. The minimum Gasteiger partial charge on any atom is -0.394 e. The van der Waals surface area contributed by atoms with Crippen molar-refractivity contribution in [2.24, 2.45) is 0 Å². The zero-order chi connectivity index (χ0) is 13.4. The molecule has 100 valence electrons. The zero-order valence-electron chi connectivity index (χ0n) is 10.4. The number of aliphatic hydroxyl groups is 1. The molecule has 1 rings (SSSR count). The van der Waals surface area contributed by atoms with Crippen molar-refractivity contribution in [2.75, 3.05) is 12.4 Å². The van der Waals surface area contributed by atoms with Gasteiger partial charge in [0.05, 0.1) is 6.61 Å². The lowest BCUT2D eigenvalue weighted by molar-refractivity contribution is -0.121. The van der Waals surface area contributed by atoms with Gasteiger partial charge in [0.1, 0.15) is 0 Å². The number of hydrogen-bond donors (Lipinski definition) is 2. The first-order chi connectivity index (χ1) is 8.61. The van der Waals surface area contributed by atoms with E-state index in [4.69, 9.17) is 16.7 Å². The highest BCUT2D eigenvalue weighted by atomic mass is 35.5. The largest absolute Gasteiger partial charge is 0.394 e. The van der Waals surface area contributed by atoms with E-state index in [1.807, 2.05) is 24.3 Å². The molecule has 0 heterocycles. The Hall–Kier alpha value is -0.710. The molecule has 0 saturated carbocycles. The Labute approximate surface area is 117 Å². The monoisotopic (exact) mass is 287 g/mol. The molecule has 1 unspecified atom stereocenters. The lowest BCUT2D eigenvalue weighted by atomic mass is 10.3. The molecule has 0 spiro atoms. The van der Waals surface area contributed by atoms with Gasteiger partial charge in [-0.1, -0.05) is 11.6 Å². The van der Waals surface area contributed by atoms with Gasteiger partial charge in [0.15, 0.2) is 0 Å². The van der Waals surface area contributed by atoms with Gasteiger partial charge in [0, 0.05) is 22.4 Å². The lowest BCUT2D eigenvalue weighted by Crippen LogP contribution is -2.34. The molecule has 5 heteroatoms. The van der Waals surface area contributed by atoms with Crippen molar-refractivity contribution in [3.8, 4) is 0 Å². The number of hydrogen-bond acceptors (Lipinski definition) is 3. The molecule has 0 aromatic heterocycles. The van der Waals surface area contributed by atoms with Gasteiger partial charge in [-0.25, -0.2) is 0 Å². The molecule has 1 amide bonds. The summed E-state index contributed by atoms with van der Waals surface area (Å²) in [7, 11) is 0. The first-order valence-corrected chi connectivity index (χ1v) is 7.26. The van der Waals surface area contributed by atoms with E-state index in [1.54, 1.807) is 18.7 Å². The molecule has 0 aliphatic rings. The van der Waals surface area contributed by atoms with E-state index < -0.39 is 0 Å². The van der Waals surface area contributed by atoms with Crippen molar-refractivity contribution in [1.82, 2.24) is 5.32 Å². The van der Waals surface area contributed by atoms with Crippen LogP contribution in [0.25, 0.3) is 0 Å². The maximum absolute atomic E-state index is 11.4. The summed E-state index contributed by atoms with van der Waals surface area (Å²) >= 11 is 7.50. The topological polar surface area (TPSA) is 49.3 Å². The van der Waals surface area contributed by atoms with Crippen molar-refractivity contribution in [1.29, 1.82) is 0 Å². The first kappa shape index (κ1) is 15.3. The van der Waals surface area contributed by atoms with Crippen LogP contribution >= 0.6 is 23.4 Å². The second-order valence-corrected chi connectivity index (χ2v) is 5.66. The van der Waals surface area contributed by atoms with Crippen LogP contribution in [0.2, 0.25) is 5.02 Å². The van der Waals surface area contributed by atoms with Crippen LogP contribution < -0.4 is 5.32 Å². The molecule has 1 aromatic carbocycles. The first-order valence-electron chi connectivity index (χ1n) is 5.90. The summed E-state index contributed by atoms with van der Waals surface area (Å²) in [5.41, 5.74) is 0. The number of carbonyl (C=O) groups excluding carboxylic acids is 1. The number of halogens is 1. The summed E-state index contributed by atoms with van der Waals surface area (Å²) < 4.78 is 0. The van der Waals surface area contributed by atoms with E-state index in [-0.39, 0.29) is 18.6 Å². The third kappa shape index (κ3) is 6.28. The van der Waals surface area contributed by atoms with Gasteiger partial charge in [-0.2, -0.15) is 0 Å². The molecule has 18 heavy (non-hydrogen) atoms. The quantitative estimate of drug-likeness (QED) is 0.599. The fourth-order valence-corrected chi connectivity index (χ4v) is 2.33. The Kier molecular flexibility index (Phi) is 7.16. The summed E-state index contributed by atoms with van der Waals surface area (Å²) in [4.78, 5) is 12.6. The van der Waals surface area contributed by atoms with Gasteiger partial charge in [-0.15, -0.1) is 11.8 Å². The fraction of sp³-hybridized carbons (Fsp3) is 0.462. The third-order valence-corrected chi connectivity index (χ3v) is 3.66. The van der Waals surface area contributed by atoms with Crippen LogP contribution in [-0.2, 0) is 4.79 Å². The van der Waals surface area contributed by atoms with Crippen LogP contribution in [0.5, 0.6) is 0 Å². The number of carbonyl (C=O) groups is 1. The second-order valence-electron chi connectivity index (χ2n) is 4.06. The summed E-state index contributed by atoms with van der Waals surface area (Å²) in [6, 6.07) is 7.50. The molecule has 0 bridgehead atoms. The summed E-state index contributed by atoms with van der Waals surface area (Å²) in [5, 5.41) is 12.2. The maximum Gasteiger partial charge on any atom is 0.220 e. The van der Waals surface area contributed by atoms with E-state index in [1.165, 1.54) is 0 Å². The molecule has 1 atom stereocenters. The summed E-state index contributed by atoms with van der Waals surface area (Å²) in [6.45, 7) is 1.76. The minimum absolute atomic E-state index is 0.00624. The number of rotatable bonds is 7. The van der Waals surface area contributed by atoms with E-state index >= 15 is 0 Å². The van der Waals surface area contributed by atoms with Crippen LogP contribution in [0.1, 0.15) is 19.8 Å². The number of benzene rings is 1. The van der Waals surface area contributed by atoms with Gasteiger partial charge >= 0.3 is 0 Å². The smallest absolute Gasteiger partial charge is 0.220 e. The Balaban J connectivity index is 2.15. The highest BCUT2D eigenvalue weighted by Crippen LogP contribution is 2.21. The highest BCUT2D eigenvalue weighted by molar-refractivity contribution is 7.99. The zero-order valence-corrected chi connectivity index (χ0v) is 11.9. The van der Waals surface area contributed by atoms with Crippen molar-refractivity contribution in [2.45, 2.75) is 30.7 Å². The van der Waals surface area contributed by atoms with Crippen LogP contribution in [-0.4, -0.2) is 29.4 Å². The predicted molar refractivity (Wildman–Crippen MR) is 76.1 cm³/mol. The van der Waals surface area contributed by atoms with Crippen molar-refractivity contribution >= 4 is 29.3 Å². The number of nitrogens with one attached hydrogen (secondary N) is 1.